The fourth-order valence-corrected chi connectivity index (χ4v) is 3.14. The van der Waals surface area contributed by atoms with Crippen molar-refractivity contribution in [2.45, 2.75) is 12.6 Å². The largest absolute Gasteiger partial charge is 0.468 e. The molecule has 8 heteroatoms. The van der Waals surface area contributed by atoms with Crippen molar-refractivity contribution in [3.8, 4) is 0 Å². The molecule has 4 heterocycles. The minimum absolute atomic E-state index is 0.107. The molecule has 130 valence electrons. The summed E-state index contributed by atoms with van der Waals surface area (Å²) in [5, 5.41) is 18.1. The average molecular weight is 341 g/mol. The lowest BCUT2D eigenvalue weighted by atomic mass is 10.2. The molecule has 0 saturated carbocycles. The number of aliphatic hydroxyl groups is 1. The number of aromatic nitrogens is 3. The molecule has 0 spiro atoms. The first-order valence-corrected chi connectivity index (χ1v) is 8.20. The Labute approximate surface area is 144 Å². The van der Waals surface area contributed by atoms with Crippen LogP contribution in [0.25, 0.3) is 5.65 Å². The van der Waals surface area contributed by atoms with Crippen LogP contribution in [-0.2, 0) is 6.54 Å². The molecule has 1 N–H and O–H groups in total. The van der Waals surface area contributed by atoms with Crippen molar-refractivity contribution in [3.63, 3.8) is 0 Å². The smallest absolute Gasteiger partial charge is 0.254 e. The first-order chi connectivity index (χ1) is 12.2. The lowest BCUT2D eigenvalue weighted by Gasteiger charge is -2.21. The summed E-state index contributed by atoms with van der Waals surface area (Å²) < 4.78 is 7.12. The second-order valence-corrected chi connectivity index (χ2v) is 6.23. The van der Waals surface area contributed by atoms with Crippen LogP contribution in [0.2, 0.25) is 0 Å². The number of carbonyl (C=O) groups excluding carboxylic acids is 1. The Kier molecular flexibility index (Phi) is 4.21. The van der Waals surface area contributed by atoms with Crippen molar-refractivity contribution in [2.75, 3.05) is 26.2 Å². The Morgan fingerprint density at radius 1 is 1.32 bits per heavy atom. The van der Waals surface area contributed by atoms with Gasteiger partial charge in [0.2, 0.25) is 0 Å². The topological polar surface area (TPSA) is 87.1 Å². The molecule has 0 aliphatic carbocycles. The van der Waals surface area contributed by atoms with Gasteiger partial charge in [-0.05, 0) is 24.3 Å². The summed E-state index contributed by atoms with van der Waals surface area (Å²) in [5.41, 5.74) is 1.17. The number of carbonyl (C=O) groups is 1. The number of β-amino-alcohol motifs (C(OH)–C–C–N with tert-alkyl or cyclic N) is 1. The van der Waals surface area contributed by atoms with Gasteiger partial charge in [-0.25, -0.2) is 0 Å². The third-order valence-electron chi connectivity index (χ3n) is 4.38. The van der Waals surface area contributed by atoms with Gasteiger partial charge >= 0.3 is 0 Å². The molecule has 8 nitrogen and oxygen atoms in total. The molecule has 25 heavy (non-hydrogen) atoms. The highest BCUT2D eigenvalue weighted by atomic mass is 16.3. The minimum atomic E-state index is -0.599. The molecule has 1 unspecified atom stereocenters. The van der Waals surface area contributed by atoms with Crippen LogP contribution in [0.3, 0.4) is 0 Å². The van der Waals surface area contributed by atoms with Gasteiger partial charge in [0.15, 0.2) is 5.65 Å². The summed E-state index contributed by atoms with van der Waals surface area (Å²) in [4.78, 5) is 16.6. The maximum Gasteiger partial charge on any atom is 0.254 e. The van der Waals surface area contributed by atoms with Crippen molar-refractivity contribution < 1.29 is 14.3 Å². The maximum atomic E-state index is 12.8. The van der Waals surface area contributed by atoms with Crippen LogP contribution in [0.1, 0.15) is 16.1 Å². The Bertz CT molecular complexity index is 860. The predicted octanol–water partition coefficient (Wildman–Crippen LogP) is 0.641. The minimum Gasteiger partial charge on any atom is -0.468 e. The zero-order chi connectivity index (χ0) is 17.2. The SMILES string of the molecule is O=C(c1ccn2cnnc2c1)N1CCN(Cc2ccco2)CC(O)C1. The van der Waals surface area contributed by atoms with Crippen molar-refractivity contribution in [3.05, 3.63) is 54.4 Å². The van der Waals surface area contributed by atoms with Crippen molar-refractivity contribution in [1.82, 2.24) is 24.4 Å². The fraction of sp³-hybridized carbons (Fsp3) is 0.353. The molecule has 0 bridgehead atoms. The lowest BCUT2D eigenvalue weighted by molar-refractivity contribution is 0.0662. The molecule has 1 fully saturated rings. The summed E-state index contributed by atoms with van der Waals surface area (Å²) in [6, 6.07) is 7.22. The van der Waals surface area contributed by atoms with Crippen LogP contribution in [-0.4, -0.2) is 67.7 Å². The summed E-state index contributed by atoms with van der Waals surface area (Å²) in [6.45, 7) is 2.67. The first-order valence-electron chi connectivity index (χ1n) is 8.20. The standard InChI is InChI=1S/C17H19N5O3/c23-14-9-20(11-15-2-1-7-25-15)5-6-21(10-14)17(24)13-3-4-22-12-18-19-16(22)8-13/h1-4,7-8,12,14,23H,5-6,9-11H2. The van der Waals surface area contributed by atoms with E-state index in [0.29, 0.717) is 43.9 Å². The fourth-order valence-electron chi connectivity index (χ4n) is 3.14. The van der Waals surface area contributed by atoms with Crippen molar-refractivity contribution in [1.29, 1.82) is 0 Å². The Morgan fingerprint density at radius 3 is 3.08 bits per heavy atom. The number of fused-ring (bicyclic) bond motifs is 1. The van der Waals surface area contributed by atoms with Crippen LogP contribution in [0.4, 0.5) is 0 Å². The zero-order valence-electron chi connectivity index (χ0n) is 13.7. The van der Waals surface area contributed by atoms with Crippen molar-refractivity contribution >= 4 is 11.6 Å². The van der Waals surface area contributed by atoms with Gasteiger partial charge in [-0.2, -0.15) is 0 Å². The second kappa shape index (κ2) is 6.66. The monoisotopic (exact) mass is 341 g/mol. The van der Waals surface area contributed by atoms with E-state index >= 15 is 0 Å². The Hall–Kier alpha value is -2.71. The molecule has 1 atom stereocenters. The van der Waals surface area contributed by atoms with E-state index in [1.807, 2.05) is 12.1 Å². The van der Waals surface area contributed by atoms with Crippen LogP contribution in [0, 0.1) is 0 Å². The zero-order valence-corrected chi connectivity index (χ0v) is 13.7. The van der Waals surface area contributed by atoms with E-state index in [2.05, 4.69) is 15.1 Å². The molecule has 0 radical (unpaired) electrons. The quantitative estimate of drug-likeness (QED) is 0.752. The first kappa shape index (κ1) is 15.8. The third-order valence-corrected chi connectivity index (χ3v) is 4.38. The van der Waals surface area contributed by atoms with Gasteiger partial charge in [0.1, 0.15) is 12.1 Å². The number of rotatable bonds is 3. The highest BCUT2D eigenvalue weighted by Gasteiger charge is 2.25. The molecule has 0 aromatic carbocycles. The number of hydrogen-bond acceptors (Lipinski definition) is 6. The molecular weight excluding hydrogens is 322 g/mol. The highest BCUT2D eigenvalue weighted by Crippen LogP contribution is 2.13. The highest BCUT2D eigenvalue weighted by molar-refractivity contribution is 5.95. The Balaban J connectivity index is 1.47. The molecule has 1 amide bonds. The van der Waals surface area contributed by atoms with Crippen LogP contribution >= 0.6 is 0 Å². The van der Waals surface area contributed by atoms with Gasteiger partial charge in [0.05, 0.1) is 18.9 Å². The van der Waals surface area contributed by atoms with E-state index < -0.39 is 6.10 Å². The normalized spacial score (nSPS) is 19.2. The number of pyridine rings is 1. The molecule has 1 saturated heterocycles. The van der Waals surface area contributed by atoms with E-state index in [9.17, 15) is 9.90 Å². The van der Waals surface area contributed by atoms with E-state index in [1.165, 1.54) is 0 Å². The van der Waals surface area contributed by atoms with Crippen LogP contribution in [0.15, 0.2) is 47.5 Å². The van der Waals surface area contributed by atoms with E-state index in [4.69, 9.17) is 4.42 Å². The molecule has 3 aromatic rings. The van der Waals surface area contributed by atoms with E-state index in [-0.39, 0.29) is 5.91 Å². The predicted molar refractivity (Wildman–Crippen MR) is 88.9 cm³/mol. The second-order valence-electron chi connectivity index (χ2n) is 6.23. The van der Waals surface area contributed by atoms with Gasteiger partial charge < -0.3 is 14.4 Å². The molecule has 4 rings (SSSR count). The molecule has 1 aliphatic heterocycles. The Morgan fingerprint density at radius 2 is 2.24 bits per heavy atom. The van der Waals surface area contributed by atoms with E-state index in [1.54, 1.807) is 40.2 Å². The summed E-state index contributed by atoms with van der Waals surface area (Å²) in [5.74, 6) is 0.744. The molecule has 3 aromatic heterocycles. The van der Waals surface area contributed by atoms with Gasteiger partial charge in [0, 0.05) is 37.9 Å². The third kappa shape index (κ3) is 3.40. The summed E-state index contributed by atoms with van der Waals surface area (Å²) in [6.07, 6.45) is 4.39. The number of furan rings is 1. The number of aliphatic hydroxyl groups excluding tert-OH is 1. The van der Waals surface area contributed by atoms with Gasteiger partial charge in [-0.15, -0.1) is 10.2 Å². The van der Waals surface area contributed by atoms with Crippen LogP contribution in [0.5, 0.6) is 0 Å². The summed E-state index contributed by atoms with van der Waals surface area (Å²) >= 11 is 0. The van der Waals surface area contributed by atoms with Gasteiger partial charge in [0.25, 0.3) is 5.91 Å². The van der Waals surface area contributed by atoms with Crippen LogP contribution < -0.4 is 0 Å². The van der Waals surface area contributed by atoms with Crippen molar-refractivity contribution in [2.24, 2.45) is 0 Å². The van der Waals surface area contributed by atoms with Gasteiger partial charge in [-0.3, -0.25) is 14.1 Å². The van der Waals surface area contributed by atoms with E-state index in [0.717, 1.165) is 5.76 Å². The average Bonchev–Trinajstić information content (AvgIpc) is 3.24. The maximum absolute atomic E-state index is 12.8. The number of hydrogen-bond donors (Lipinski definition) is 1. The number of nitrogens with zero attached hydrogens (tertiary/aromatic N) is 5. The summed E-state index contributed by atoms with van der Waals surface area (Å²) in [7, 11) is 0. The van der Waals surface area contributed by atoms with Gasteiger partial charge in [-0.1, -0.05) is 0 Å². The lowest BCUT2D eigenvalue weighted by Crippen LogP contribution is -2.37. The molecule has 1 aliphatic rings. The molecular formula is C17H19N5O3. The number of amides is 1.